The van der Waals surface area contributed by atoms with E-state index in [0.29, 0.717) is 12.3 Å². The van der Waals surface area contributed by atoms with Crippen LogP contribution in [0.15, 0.2) is 66.7 Å². The van der Waals surface area contributed by atoms with E-state index in [4.69, 9.17) is 4.74 Å². The molecule has 4 rings (SSSR count). The fourth-order valence-corrected chi connectivity index (χ4v) is 4.89. The molecule has 1 N–H and O–H groups in total. The van der Waals surface area contributed by atoms with Crippen molar-refractivity contribution in [3.8, 4) is 5.75 Å². The zero-order valence-electron chi connectivity index (χ0n) is 21.7. The lowest BCUT2D eigenvalue weighted by Crippen LogP contribution is -2.38. The molecule has 0 bridgehead atoms. The minimum absolute atomic E-state index is 0.108. The number of halogens is 1. The Morgan fingerprint density at radius 3 is 2.30 bits per heavy atom. The highest BCUT2D eigenvalue weighted by atomic mass is 19.1. The van der Waals surface area contributed by atoms with Crippen molar-refractivity contribution in [1.29, 1.82) is 0 Å². The van der Waals surface area contributed by atoms with Crippen LogP contribution < -0.4 is 4.74 Å². The monoisotopic (exact) mass is 503 g/mol. The molecule has 1 heterocycles. The number of hydrogen-bond donors (Lipinski definition) is 1. The molecule has 0 saturated carbocycles. The average molecular weight is 504 g/mol. The van der Waals surface area contributed by atoms with Crippen LogP contribution in [-0.2, 0) is 35.3 Å². The smallest absolute Gasteiger partial charge is 0.323 e. The molecule has 0 fully saturated rings. The van der Waals surface area contributed by atoms with Crippen molar-refractivity contribution in [3.05, 3.63) is 100 Å². The van der Waals surface area contributed by atoms with Gasteiger partial charge in [0.05, 0.1) is 6.42 Å². The molecule has 0 saturated heterocycles. The van der Waals surface area contributed by atoms with Crippen molar-refractivity contribution < 1.29 is 23.8 Å². The molecule has 194 valence electrons. The summed E-state index contributed by atoms with van der Waals surface area (Å²) in [5.74, 6) is -0.324. The number of carbonyl (C=O) groups is 2. The van der Waals surface area contributed by atoms with Crippen LogP contribution in [0.1, 0.15) is 54.5 Å². The summed E-state index contributed by atoms with van der Waals surface area (Å²) in [5.41, 5.74) is 4.90. The van der Waals surface area contributed by atoms with Crippen molar-refractivity contribution in [3.63, 3.8) is 0 Å². The van der Waals surface area contributed by atoms with Crippen molar-refractivity contribution in [1.82, 2.24) is 4.90 Å². The predicted octanol–water partition coefficient (Wildman–Crippen LogP) is 5.58. The van der Waals surface area contributed by atoms with E-state index in [1.54, 1.807) is 12.1 Å². The molecular formula is C31H34FNO4. The third kappa shape index (κ3) is 6.97. The summed E-state index contributed by atoms with van der Waals surface area (Å²) in [6, 6.07) is 20.5. The molecule has 0 spiro atoms. The van der Waals surface area contributed by atoms with Gasteiger partial charge in [0, 0.05) is 19.4 Å². The molecule has 0 aliphatic carbocycles. The standard InChI is InChI=1S/C31H34FNO4/c1-21(2)25-9-4-23(5-10-25)18-31(3)19-26-16-24(8-13-28(26)37-31)17-29(34)33(20-30(35)36)15-14-22-6-11-27(32)12-7-22/h4-13,16,21H,14-15,17-20H2,1-3H3,(H,35,36). The highest BCUT2D eigenvalue weighted by Crippen LogP contribution is 2.37. The zero-order valence-corrected chi connectivity index (χ0v) is 21.7. The second-order valence-electron chi connectivity index (χ2n) is 10.5. The molecule has 37 heavy (non-hydrogen) atoms. The maximum Gasteiger partial charge on any atom is 0.323 e. The summed E-state index contributed by atoms with van der Waals surface area (Å²) in [4.78, 5) is 25.8. The second kappa shape index (κ2) is 11.2. The number of aliphatic carboxylic acids is 1. The zero-order chi connectivity index (χ0) is 26.6. The first-order valence-electron chi connectivity index (χ1n) is 12.7. The summed E-state index contributed by atoms with van der Waals surface area (Å²) < 4.78 is 19.5. The van der Waals surface area contributed by atoms with Gasteiger partial charge in [0.15, 0.2) is 0 Å². The maximum absolute atomic E-state index is 13.2. The van der Waals surface area contributed by atoms with Crippen molar-refractivity contribution in [2.24, 2.45) is 0 Å². The Hall–Kier alpha value is -3.67. The van der Waals surface area contributed by atoms with Crippen LogP contribution in [0.2, 0.25) is 0 Å². The molecule has 3 aromatic carbocycles. The summed E-state index contributed by atoms with van der Waals surface area (Å²) in [5, 5.41) is 9.32. The lowest BCUT2D eigenvalue weighted by molar-refractivity contribution is -0.144. The van der Waals surface area contributed by atoms with Crippen molar-refractivity contribution in [2.45, 2.75) is 58.0 Å². The first-order chi connectivity index (χ1) is 17.6. The van der Waals surface area contributed by atoms with Gasteiger partial charge in [-0.15, -0.1) is 0 Å². The van der Waals surface area contributed by atoms with E-state index in [9.17, 15) is 19.1 Å². The van der Waals surface area contributed by atoms with Gasteiger partial charge in [0.2, 0.25) is 5.91 Å². The number of carboxylic acid groups (broad SMARTS) is 1. The van der Waals surface area contributed by atoms with Gasteiger partial charge in [-0.2, -0.15) is 0 Å². The van der Waals surface area contributed by atoms with E-state index in [1.807, 2.05) is 18.2 Å². The first-order valence-corrected chi connectivity index (χ1v) is 12.7. The molecule has 1 unspecified atom stereocenters. The fourth-order valence-electron chi connectivity index (χ4n) is 4.89. The number of fused-ring (bicyclic) bond motifs is 1. The number of benzene rings is 3. The number of carbonyl (C=O) groups excluding carboxylic acids is 1. The third-order valence-electron chi connectivity index (χ3n) is 6.89. The highest BCUT2D eigenvalue weighted by Gasteiger charge is 2.35. The summed E-state index contributed by atoms with van der Waals surface area (Å²) >= 11 is 0. The van der Waals surface area contributed by atoms with Crippen LogP contribution in [0.4, 0.5) is 4.39 Å². The molecule has 0 aromatic heterocycles. The first kappa shape index (κ1) is 26.4. The number of nitrogens with zero attached hydrogens (tertiary/aromatic N) is 1. The normalized spacial score (nSPS) is 16.4. The molecule has 6 heteroatoms. The van der Waals surface area contributed by atoms with E-state index < -0.39 is 5.97 Å². The van der Waals surface area contributed by atoms with Gasteiger partial charge in [-0.1, -0.05) is 62.4 Å². The summed E-state index contributed by atoms with van der Waals surface area (Å²) in [7, 11) is 0. The molecule has 1 atom stereocenters. The second-order valence-corrected chi connectivity index (χ2v) is 10.5. The van der Waals surface area contributed by atoms with Gasteiger partial charge < -0.3 is 14.7 Å². The third-order valence-corrected chi connectivity index (χ3v) is 6.89. The molecule has 1 amide bonds. The molecule has 1 aliphatic heterocycles. The Morgan fingerprint density at radius 2 is 1.65 bits per heavy atom. The van der Waals surface area contributed by atoms with Gasteiger partial charge in [-0.3, -0.25) is 9.59 Å². The Balaban J connectivity index is 1.40. The number of amides is 1. The predicted molar refractivity (Wildman–Crippen MR) is 141 cm³/mol. The number of hydrogen-bond acceptors (Lipinski definition) is 3. The Morgan fingerprint density at radius 1 is 1.00 bits per heavy atom. The number of carboxylic acids is 1. The summed E-state index contributed by atoms with van der Waals surface area (Å²) in [6.45, 7) is 6.35. The van der Waals surface area contributed by atoms with Crippen LogP contribution in [0, 0.1) is 5.82 Å². The van der Waals surface area contributed by atoms with Gasteiger partial charge in [-0.05, 0) is 65.3 Å². The minimum atomic E-state index is -1.06. The minimum Gasteiger partial charge on any atom is -0.487 e. The Bertz CT molecular complexity index is 1250. The van der Waals surface area contributed by atoms with Crippen LogP contribution in [0.3, 0.4) is 0 Å². The number of rotatable bonds is 10. The van der Waals surface area contributed by atoms with Crippen molar-refractivity contribution >= 4 is 11.9 Å². The number of ether oxygens (including phenoxy) is 1. The summed E-state index contributed by atoms with van der Waals surface area (Å²) in [6.07, 6.45) is 2.08. The highest BCUT2D eigenvalue weighted by molar-refractivity contribution is 5.83. The van der Waals surface area contributed by atoms with Crippen LogP contribution in [0.5, 0.6) is 5.75 Å². The molecule has 1 aliphatic rings. The van der Waals surface area contributed by atoms with Gasteiger partial charge in [-0.25, -0.2) is 4.39 Å². The van der Waals surface area contributed by atoms with Gasteiger partial charge in [0.25, 0.3) is 0 Å². The molecule has 5 nitrogen and oxygen atoms in total. The molecule has 3 aromatic rings. The van der Waals surface area contributed by atoms with Crippen LogP contribution >= 0.6 is 0 Å². The Kier molecular flexibility index (Phi) is 7.96. The molecular weight excluding hydrogens is 469 g/mol. The Labute approximate surface area is 217 Å². The van der Waals surface area contributed by atoms with E-state index in [1.165, 1.54) is 28.2 Å². The molecule has 0 radical (unpaired) electrons. The van der Waals surface area contributed by atoms with Crippen LogP contribution in [-0.4, -0.2) is 40.6 Å². The van der Waals surface area contributed by atoms with E-state index in [0.717, 1.165) is 35.3 Å². The van der Waals surface area contributed by atoms with E-state index in [2.05, 4.69) is 45.0 Å². The largest absolute Gasteiger partial charge is 0.487 e. The van der Waals surface area contributed by atoms with Crippen molar-refractivity contribution in [2.75, 3.05) is 13.1 Å². The lowest BCUT2D eigenvalue weighted by atomic mass is 9.90. The van der Waals surface area contributed by atoms with E-state index in [-0.39, 0.29) is 36.8 Å². The topological polar surface area (TPSA) is 66.8 Å². The quantitative estimate of drug-likeness (QED) is 0.392. The van der Waals surface area contributed by atoms with Gasteiger partial charge >= 0.3 is 5.97 Å². The maximum atomic E-state index is 13.2. The fraction of sp³-hybridized carbons (Fsp3) is 0.355. The van der Waals surface area contributed by atoms with E-state index >= 15 is 0 Å². The van der Waals surface area contributed by atoms with Gasteiger partial charge in [0.1, 0.15) is 23.7 Å². The van der Waals surface area contributed by atoms with Crippen LogP contribution in [0.25, 0.3) is 0 Å². The lowest BCUT2D eigenvalue weighted by Gasteiger charge is -2.24. The SMILES string of the molecule is CC(C)c1ccc(CC2(C)Cc3cc(CC(=O)N(CCc4ccc(F)cc4)CC(=O)O)ccc3O2)cc1. The average Bonchev–Trinajstić information content (AvgIpc) is 3.17.